The van der Waals surface area contributed by atoms with Crippen LogP contribution in [0.1, 0.15) is 17.5 Å². The number of rotatable bonds is 4. The SMILES string of the molecule is Cc1ccc(CCCOP)cc1. The fourth-order valence-corrected chi connectivity index (χ4v) is 1.28. The maximum atomic E-state index is 4.90. The van der Waals surface area contributed by atoms with Gasteiger partial charge in [-0.15, -0.1) is 0 Å². The molecule has 0 saturated carbocycles. The average Bonchev–Trinajstić information content (AvgIpc) is 2.09. The van der Waals surface area contributed by atoms with E-state index in [1.165, 1.54) is 11.1 Å². The topological polar surface area (TPSA) is 9.23 Å². The summed E-state index contributed by atoms with van der Waals surface area (Å²) in [4.78, 5) is 0. The molecule has 0 spiro atoms. The van der Waals surface area contributed by atoms with E-state index < -0.39 is 0 Å². The molecule has 0 N–H and O–H groups in total. The van der Waals surface area contributed by atoms with Crippen molar-refractivity contribution in [3.63, 3.8) is 0 Å². The van der Waals surface area contributed by atoms with E-state index in [2.05, 4.69) is 40.7 Å². The lowest BCUT2D eigenvalue weighted by Gasteiger charge is -2.00. The van der Waals surface area contributed by atoms with Gasteiger partial charge in [0.2, 0.25) is 0 Å². The number of aryl methyl sites for hydroxylation is 2. The molecule has 1 nitrogen and oxygen atoms in total. The molecule has 1 aromatic rings. The lowest BCUT2D eigenvalue weighted by Crippen LogP contribution is -1.89. The summed E-state index contributed by atoms with van der Waals surface area (Å²) in [6.45, 7) is 2.92. The normalized spacial score (nSPS) is 10.2. The molecule has 1 unspecified atom stereocenters. The van der Waals surface area contributed by atoms with Gasteiger partial charge in [-0.2, -0.15) is 0 Å². The van der Waals surface area contributed by atoms with Crippen LogP contribution in [0, 0.1) is 6.92 Å². The third-order valence-electron chi connectivity index (χ3n) is 1.85. The fourth-order valence-electron chi connectivity index (χ4n) is 1.11. The van der Waals surface area contributed by atoms with E-state index in [-0.39, 0.29) is 0 Å². The monoisotopic (exact) mass is 182 g/mol. The van der Waals surface area contributed by atoms with Crippen LogP contribution in [0.4, 0.5) is 0 Å². The lowest BCUT2D eigenvalue weighted by atomic mass is 10.1. The first kappa shape index (κ1) is 9.70. The highest BCUT2D eigenvalue weighted by atomic mass is 31.0. The van der Waals surface area contributed by atoms with Gasteiger partial charge in [0.25, 0.3) is 0 Å². The molecule has 0 aliphatic carbocycles. The quantitative estimate of drug-likeness (QED) is 0.514. The van der Waals surface area contributed by atoms with Gasteiger partial charge in [0.1, 0.15) is 0 Å². The van der Waals surface area contributed by atoms with Crippen LogP contribution >= 0.6 is 9.47 Å². The van der Waals surface area contributed by atoms with Crippen LogP contribution in [0.3, 0.4) is 0 Å². The van der Waals surface area contributed by atoms with Crippen LogP contribution in [0.5, 0.6) is 0 Å². The Hall–Kier alpha value is -0.390. The minimum absolute atomic E-state index is 0.818. The van der Waals surface area contributed by atoms with Crippen LogP contribution in [-0.2, 0) is 10.9 Å². The van der Waals surface area contributed by atoms with E-state index in [4.69, 9.17) is 4.52 Å². The average molecular weight is 182 g/mol. The molecule has 0 fully saturated rings. The fraction of sp³-hybridized carbons (Fsp3) is 0.400. The Bertz CT molecular complexity index is 218. The summed E-state index contributed by atoms with van der Waals surface area (Å²) in [5.74, 6) is 0. The summed E-state index contributed by atoms with van der Waals surface area (Å²) in [5.41, 5.74) is 2.71. The smallest absolute Gasteiger partial charge is 0.0505 e. The standard InChI is InChI=1S/C10H15OP/c1-9-4-6-10(7-5-9)3-2-8-11-12/h4-7H,2-3,8,12H2,1H3. The zero-order chi connectivity index (χ0) is 8.81. The van der Waals surface area contributed by atoms with Gasteiger partial charge in [-0.25, -0.2) is 0 Å². The zero-order valence-corrected chi connectivity index (χ0v) is 8.57. The van der Waals surface area contributed by atoms with E-state index >= 15 is 0 Å². The first-order chi connectivity index (χ1) is 5.83. The van der Waals surface area contributed by atoms with Crippen molar-refractivity contribution in [2.45, 2.75) is 19.8 Å². The van der Waals surface area contributed by atoms with Crippen molar-refractivity contribution >= 4 is 9.47 Å². The maximum absolute atomic E-state index is 4.90. The van der Waals surface area contributed by atoms with Crippen molar-refractivity contribution in [1.82, 2.24) is 0 Å². The summed E-state index contributed by atoms with van der Waals surface area (Å²) >= 11 is 0. The number of hydrogen-bond donors (Lipinski definition) is 0. The molecule has 1 rings (SSSR count). The molecule has 1 aromatic carbocycles. The largest absolute Gasteiger partial charge is 0.366 e. The van der Waals surface area contributed by atoms with Gasteiger partial charge < -0.3 is 4.52 Å². The highest BCUT2D eigenvalue weighted by molar-refractivity contribution is 7.09. The van der Waals surface area contributed by atoms with Crippen LogP contribution in [-0.4, -0.2) is 6.61 Å². The Balaban J connectivity index is 2.37. The molecule has 0 aliphatic heterocycles. The summed E-state index contributed by atoms with van der Waals surface area (Å²) in [6.07, 6.45) is 2.20. The Morgan fingerprint density at radius 2 is 1.92 bits per heavy atom. The van der Waals surface area contributed by atoms with Crippen LogP contribution < -0.4 is 0 Å². The van der Waals surface area contributed by atoms with Crippen molar-refractivity contribution in [3.05, 3.63) is 35.4 Å². The second kappa shape index (κ2) is 5.29. The van der Waals surface area contributed by atoms with Crippen molar-refractivity contribution in [2.24, 2.45) is 0 Å². The number of benzene rings is 1. The molecule has 66 valence electrons. The van der Waals surface area contributed by atoms with Crippen molar-refractivity contribution in [2.75, 3.05) is 6.61 Å². The highest BCUT2D eigenvalue weighted by Crippen LogP contribution is 2.06. The van der Waals surface area contributed by atoms with Gasteiger partial charge in [0, 0.05) is 9.47 Å². The molecule has 0 radical (unpaired) electrons. The second-order valence-corrected chi connectivity index (χ2v) is 3.29. The zero-order valence-electron chi connectivity index (χ0n) is 7.42. The summed E-state index contributed by atoms with van der Waals surface area (Å²) in [7, 11) is 2.27. The first-order valence-corrected chi connectivity index (χ1v) is 4.67. The predicted molar refractivity (Wildman–Crippen MR) is 55.2 cm³/mol. The molecule has 0 bridgehead atoms. The van der Waals surface area contributed by atoms with E-state index in [0.717, 1.165) is 19.4 Å². The van der Waals surface area contributed by atoms with E-state index in [0.29, 0.717) is 0 Å². The Kier molecular flexibility index (Phi) is 4.27. The Morgan fingerprint density at radius 3 is 2.50 bits per heavy atom. The second-order valence-electron chi connectivity index (χ2n) is 2.96. The van der Waals surface area contributed by atoms with E-state index in [1.54, 1.807) is 0 Å². The molecule has 2 heteroatoms. The third kappa shape index (κ3) is 3.34. The molecule has 0 amide bonds. The maximum Gasteiger partial charge on any atom is 0.0505 e. The van der Waals surface area contributed by atoms with Gasteiger partial charge in [0.15, 0.2) is 0 Å². The number of hydrogen-bond acceptors (Lipinski definition) is 1. The molecule has 0 aliphatic rings. The van der Waals surface area contributed by atoms with Crippen molar-refractivity contribution < 1.29 is 4.52 Å². The molecule has 12 heavy (non-hydrogen) atoms. The van der Waals surface area contributed by atoms with E-state index in [1.807, 2.05) is 0 Å². The van der Waals surface area contributed by atoms with Crippen molar-refractivity contribution in [3.8, 4) is 0 Å². The predicted octanol–water partition coefficient (Wildman–Crippen LogP) is 2.73. The van der Waals surface area contributed by atoms with Gasteiger partial charge >= 0.3 is 0 Å². The van der Waals surface area contributed by atoms with Crippen LogP contribution in [0.2, 0.25) is 0 Å². The minimum Gasteiger partial charge on any atom is -0.366 e. The summed E-state index contributed by atoms with van der Waals surface area (Å²) in [5, 5.41) is 0. The van der Waals surface area contributed by atoms with E-state index in [9.17, 15) is 0 Å². The molecule has 0 aromatic heterocycles. The minimum atomic E-state index is 0.818. The van der Waals surface area contributed by atoms with Gasteiger partial charge in [-0.1, -0.05) is 29.8 Å². The molecule has 0 heterocycles. The van der Waals surface area contributed by atoms with Gasteiger partial charge in [-0.05, 0) is 25.3 Å². The molecular formula is C10H15OP. The lowest BCUT2D eigenvalue weighted by molar-refractivity contribution is 0.363. The third-order valence-corrected chi connectivity index (χ3v) is 2.08. The van der Waals surface area contributed by atoms with Gasteiger partial charge in [0.05, 0.1) is 6.61 Å². The Labute approximate surface area is 76.4 Å². The Morgan fingerprint density at radius 1 is 1.25 bits per heavy atom. The highest BCUT2D eigenvalue weighted by Gasteiger charge is 1.91. The summed E-state index contributed by atoms with van der Waals surface area (Å²) < 4.78 is 4.90. The first-order valence-electron chi connectivity index (χ1n) is 4.20. The van der Waals surface area contributed by atoms with Gasteiger partial charge in [-0.3, -0.25) is 0 Å². The molecule has 0 saturated heterocycles. The van der Waals surface area contributed by atoms with Crippen LogP contribution in [0.15, 0.2) is 24.3 Å². The summed E-state index contributed by atoms with van der Waals surface area (Å²) in [6, 6.07) is 8.66. The molecule has 1 atom stereocenters. The van der Waals surface area contributed by atoms with Crippen LogP contribution in [0.25, 0.3) is 0 Å². The van der Waals surface area contributed by atoms with Crippen molar-refractivity contribution in [1.29, 1.82) is 0 Å². The molecular weight excluding hydrogens is 167 g/mol.